The molecule has 0 heterocycles. The molecule has 0 aromatic heterocycles. The molecule has 1 amide bonds. The van der Waals surface area contributed by atoms with Crippen LogP contribution in [-0.2, 0) is 19.1 Å². The van der Waals surface area contributed by atoms with E-state index in [4.69, 9.17) is 14.2 Å². The third kappa shape index (κ3) is 9.39. The molecule has 0 atom stereocenters. The number of carbonyl (C=O) groups excluding carboxylic acids is 4. The van der Waals surface area contributed by atoms with Crippen LogP contribution >= 0.6 is 0 Å². The lowest BCUT2D eigenvalue weighted by Gasteiger charge is -2.10. The van der Waals surface area contributed by atoms with Crippen LogP contribution in [0, 0.1) is 0 Å². The monoisotopic (exact) mass is 379 g/mol. The Morgan fingerprint density at radius 3 is 2.00 bits per heavy atom. The maximum absolute atomic E-state index is 12.3. The zero-order valence-electron chi connectivity index (χ0n) is 15.8. The van der Waals surface area contributed by atoms with Crippen LogP contribution in [-0.4, -0.2) is 37.0 Å². The molecule has 0 aliphatic carbocycles. The van der Waals surface area contributed by atoms with E-state index in [1.54, 1.807) is 6.92 Å². The Morgan fingerprint density at radius 1 is 0.889 bits per heavy atom. The van der Waals surface area contributed by atoms with Crippen molar-refractivity contribution >= 4 is 23.8 Å². The first-order chi connectivity index (χ1) is 12.8. The van der Waals surface area contributed by atoms with Crippen LogP contribution in [0.2, 0.25) is 0 Å². The third-order valence-electron chi connectivity index (χ3n) is 3.31. The number of hydrogen-bond acceptors (Lipinski definition) is 7. The zero-order chi connectivity index (χ0) is 20.2. The Kier molecular flexibility index (Phi) is 9.57. The Morgan fingerprint density at radius 2 is 1.48 bits per heavy atom. The SMILES string of the molecule is CCOC(=O)CCCCCNC(=O)c1cc(OC(C)=O)cc(OC(C)=O)c1. The summed E-state index contributed by atoms with van der Waals surface area (Å²) in [4.78, 5) is 45.8. The zero-order valence-corrected chi connectivity index (χ0v) is 15.8. The highest BCUT2D eigenvalue weighted by atomic mass is 16.5. The summed E-state index contributed by atoms with van der Waals surface area (Å²) in [5, 5.41) is 2.74. The average molecular weight is 379 g/mol. The largest absolute Gasteiger partial charge is 0.466 e. The summed E-state index contributed by atoms with van der Waals surface area (Å²) in [6, 6.07) is 4.14. The Bertz CT molecular complexity index is 650. The number of rotatable bonds is 10. The van der Waals surface area contributed by atoms with Crippen molar-refractivity contribution in [2.45, 2.75) is 46.5 Å². The summed E-state index contributed by atoms with van der Waals surface area (Å²) in [6.07, 6.45) is 2.52. The molecule has 0 spiro atoms. The van der Waals surface area contributed by atoms with Crippen molar-refractivity contribution in [3.05, 3.63) is 23.8 Å². The van der Waals surface area contributed by atoms with Crippen molar-refractivity contribution in [1.29, 1.82) is 0 Å². The second kappa shape index (κ2) is 11.7. The molecule has 27 heavy (non-hydrogen) atoms. The molecule has 1 aromatic carbocycles. The van der Waals surface area contributed by atoms with E-state index in [2.05, 4.69) is 5.32 Å². The number of carbonyl (C=O) groups is 4. The highest BCUT2D eigenvalue weighted by Gasteiger charge is 2.12. The lowest BCUT2D eigenvalue weighted by Crippen LogP contribution is -2.24. The highest BCUT2D eigenvalue weighted by molar-refractivity contribution is 5.95. The van der Waals surface area contributed by atoms with Crippen molar-refractivity contribution in [3.8, 4) is 11.5 Å². The van der Waals surface area contributed by atoms with Crippen LogP contribution in [0.4, 0.5) is 0 Å². The number of nitrogens with one attached hydrogen (secondary N) is 1. The van der Waals surface area contributed by atoms with E-state index in [0.29, 0.717) is 32.4 Å². The van der Waals surface area contributed by atoms with E-state index in [0.717, 1.165) is 6.42 Å². The fraction of sp³-hybridized carbons (Fsp3) is 0.474. The molecule has 0 saturated heterocycles. The minimum absolute atomic E-state index is 0.112. The van der Waals surface area contributed by atoms with Gasteiger partial charge in [-0.25, -0.2) is 0 Å². The molecule has 0 aliphatic rings. The van der Waals surface area contributed by atoms with Crippen LogP contribution in [0.5, 0.6) is 11.5 Å². The van der Waals surface area contributed by atoms with Gasteiger partial charge in [0.05, 0.1) is 6.61 Å². The summed E-state index contributed by atoms with van der Waals surface area (Å²) in [6.45, 7) is 5.01. The first-order valence-electron chi connectivity index (χ1n) is 8.77. The van der Waals surface area contributed by atoms with Gasteiger partial charge < -0.3 is 19.5 Å². The van der Waals surface area contributed by atoms with Gasteiger partial charge in [0, 0.05) is 38.4 Å². The maximum Gasteiger partial charge on any atom is 0.308 e. The van der Waals surface area contributed by atoms with Gasteiger partial charge in [-0.2, -0.15) is 0 Å². The van der Waals surface area contributed by atoms with Crippen molar-refractivity contribution in [3.63, 3.8) is 0 Å². The molecule has 0 radical (unpaired) electrons. The smallest absolute Gasteiger partial charge is 0.308 e. The molecule has 0 bridgehead atoms. The second-order valence-electron chi connectivity index (χ2n) is 5.75. The van der Waals surface area contributed by atoms with Crippen LogP contribution in [0.25, 0.3) is 0 Å². The Balaban J connectivity index is 2.56. The van der Waals surface area contributed by atoms with E-state index < -0.39 is 11.9 Å². The Hall–Kier alpha value is -2.90. The first-order valence-corrected chi connectivity index (χ1v) is 8.77. The van der Waals surface area contributed by atoms with Crippen molar-refractivity contribution < 1.29 is 33.4 Å². The molecule has 0 saturated carbocycles. The summed E-state index contributed by atoms with van der Waals surface area (Å²) in [5.74, 6) is -1.49. The van der Waals surface area contributed by atoms with Crippen molar-refractivity contribution in [2.75, 3.05) is 13.2 Å². The molecule has 0 unspecified atom stereocenters. The Labute approximate surface area is 158 Å². The quantitative estimate of drug-likeness (QED) is 0.378. The van der Waals surface area contributed by atoms with Gasteiger partial charge in [-0.15, -0.1) is 0 Å². The molecule has 8 nitrogen and oxygen atoms in total. The van der Waals surface area contributed by atoms with E-state index in [1.165, 1.54) is 32.0 Å². The minimum Gasteiger partial charge on any atom is -0.466 e. The van der Waals surface area contributed by atoms with Gasteiger partial charge in [-0.3, -0.25) is 19.2 Å². The normalized spacial score (nSPS) is 10.0. The number of benzene rings is 1. The van der Waals surface area contributed by atoms with Crippen LogP contribution in [0.15, 0.2) is 18.2 Å². The van der Waals surface area contributed by atoms with Gasteiger partial charge in [0.25, 0.3) is 5.91 Å². The molecule has 1 N–H and O–H groups in total. The maximum atomic E-state index is 12.3. The predicted molar refractivity (Wildman–Crippen MR) is 96.5 cm³/mol. The van der Waals surface area contributed by atoms with Gasteiger partial charge >= 0.3 is 17.9 Å². The van der Waals surface area contributed by atoms with E-state index in [1.807, 2.05) is 0 Å². The third-order valence-corrected chi connectivity index (χ3v) is 3.31. The fourth-order valence-electron chi connectivity index (χ4n) is 2.26. The predicted octanol–water partition coefficient (Wildman–Crippen LogP) is 2.39. The molecule has 1 aromatic rings. The lowest BCUT2D eigenvalue weighted by atomic mass is 10.1. The number of ether oxygens (including phenoxy) is 3. The molecule has 1 rings (SSSR count). The minimum atomic E-state index is -0.553. The molecule has 148 valence electrons. The van der Waals surface area contributed by atoms with E-state index in [-0.39, 0.29) is 28.9 Å². The molecular weight excluding hydrogens is 354 g/mol. The summed E-state index contributed by atoms with van der Waals surface area (Å²) >= 11 is 0. The van der Waals surface area contributed by atoms with Crippen molar-refractivity contribution in [1.82, 2.24) is 5.32 Å². The molecular formula is C19H25NO7. The number of esters is 3. The molecule has 0 aliphatic heterocycles. The van der Waals surface area contributed by atoms with Crippen LogP contribution < -0.4 is 14.8 Å². The molecule has 0 fully saturated rings. The summed E-state index contributed by atoms with van der Waals surface area (Å²) in [7, 11) is 0. The van der Waals surface area contributed by atoms with Crippen LogP contribution in [0.1, 0.15) is 56.8 Å². The highest BCUT2D eigenvalue weighted by Crippen LogP contribution is 2.23. The topological polar surface area (TPSA) is 108 Å². The van der Waals surface area contributed by atoms with Crippen LogP contribution in [0.3, 0.4) is 0 Å². The fourth-order valence-corrected chi connectivity index (χ4v) is 2.26. The lowest BCUT2D eigenvalue weighted by molar-refractivity contribution is -0.143. The van der Waals surface area contributed by atoms with Gasteiger partial charge in [-0.05, 0) is 31.9 Å². The van der Waals surface area contributed by atoms with Gasteiger partial charge in [-0.1, -0.05) is 6.42 Å². The number of hydrogen-bond donors (Lipinski definition) is 1. The average Bonchev–Trinajstić information content (AvgIpc) is 2.56. The van der Waals surface area contributed by atoms with Gasteiger partial charge in [0.1, 0.15) is 11.5 Å². The van der Waals surface area contributed by atoms with Crippen molar-refractivity contribution in [2.24, 2.45) is 0 Å². The van der Waals surface area contributed by atoms with Gasteiger partial charge in [0.15, 0.2) is 0 Å². The van der Waals surface area contributed by atoms with E-state index >= 15 is 0 Å². The first kappa shape index (κ1) is 22.1. The second-order valence-corrected chi connectivity index (χ2v) is 5.75. The summed E-state index contributed by atoms with van der Waals surface area (Å²) < 4.78 is 14.8. The summed E-state index contributed by atoms with van der Waals surface area (Å²) in [5.41, 5.74) is 0.205. The van der Waals surface area contributed by atoms with E-state index in [9.17, 15) is 19.2 Å². The standard InChI is InChI=1S/C19H25NO7/c1-4-25-18(23)8-6-5-7-9-20-19(24)15-10-16(26-13(2)21)12-17(11-15)27-14(3)22/h10-12H,4-9H2,1-3H3,(H,20,24). The van der Waals surface area contributed by atoms with Gasteiger partial charge in [0.2, 0.25) is 0 Å². The molecule has 8 heteroatoms. The number of unbranched alkanes of at least 4 members (excludes halogenated alkanes) is 2. The number of amides is 1.